The summed E-state index contributed by atoms with van der Waals surface area (Å²) in [5.41, 5.74) is 10.8. The third-order valence-corrected chi connectivity index (χ3v) is 8.33. The van der Waals surface area contributed by atoms with Crippen LogP contribution in [0.25, 0.3) is 22.6 Å². The van der Waals surface area contributed by atoms with Crippen LogP contribution in [-0.2, 0) is 6.42 Å². The normalized spacial score (nSPS) is 20.1. The van der Waals surface area contributed by atoms with Crippen molar-refractivity contribution in [1.29, 1.82) is 0 Å². The fourth-order valence-electron chi connectivity index (χ4n) is 6.41. The van der Waals surface area contributed by atoms with Crippen molar-refractivity contribution in [3.8, 4) is 16.9 Å². The molecule has 0 aromatic carbocycles. The number of fused-ring (bicyclic) bond motifs is 3. The van der Waals surface area contributed by atoms with Gasteiger partial charge in [0.15, 0.2) is 17.2 Å². The number of Topliss-reactive ketones (excluding diaryl/α,β-unsaturated/α-hetero) is 1. The second-order valence-corrected chi connectivity index (χ2v) is 10.7. The van der Waals surface area contributed by atoms with Gasteiger partial charge in [0.2, 0.25) is 5.82 Å². The van der Waals surface area contributed by atoms with E-state index < -0.39 is 0 Å². The monoisotopic (exact) mass is 551 g/mol. The first-order valence-corrected chi connectivity index (χ1v) is 13.8. The number of nitrogens with zero attached hydrogens (tertiary/aromatic N) is 9. The summed E-state index contributed by atoms with van der Waals surface area (Å²) in [4.78, 5) is 41.7. The second-order valence-electron chi connectivity index (χ2n) is 10.7. The lowest BCUT2D eigenvalue weighted by Gasteiger charge is -2.38. The average molecular weight is 552 g/mol. The molecular weight excluding hydrogens is 522 g/mol. The minimum atomic E-state index is -0.159. The highest BCUT2D eigenvalue weighted by Gasteiger charge is 2.45. The van der Waals surface area contributed by atoms with Gasteiger partial charge in [-0.1, -0.05) is 6.92 Å². The van der Waals surface area contributed by atoms with E-state index >= 15 is 0 Å². The molecule has 2 atom stereocenters. The zero-order chi connectivity index (χ0) is 28.2. The fraction of sp³-hybridized carbons (Fsp3) is 0.357. The Labute approximate surface area is 234 Å². The number of nitrogens with two attached hydrogens (primary N) is 1. The predicted octanol–water partition coefficient (Wildman–Crippen LogP) is 2.99. The van der Waals surface area contributed by atoms with Gasteiger partial charge in [-0.05, 0) is 57.2 Å². The number of ketones is 1. The van der Waals surface area contributed by atoms with E-state index in [0.717, 1.165) is 36.1 Å². The van der Waals surface area contributed by atoms with Crippen LogP contribution in [0.3, 0.4) is 0 Å². The lowest BCUT2D eigenvalue weighted by molar-refractivity contribution is 0.0556. The Morgan fingerprint density at radius 1 is 1.10 bits per heavy atom. The van der Waals surface area contributed by atoms with Gasteiger partial charge in [-0.2, -0.15) is 19.8 Å². The van der Waals surface area contributed by atoms with Gasteiger partial charge in [0.25, 0.3) is 5.91 Å². The number of nitrogen functional groups attached to an aromatic ring is 1. The SMILES string of the molecule is CCc1ccn(-c2ccc(-c3cnn4c(N)c(C(C)=O)c(C5CC6CCC(C5)N6C(=O)c5ncn[nH]5)nc34)cn2)n1. The third kappa shape index (κ3) is 4.07. The summed E-state index contributed by atoms with van der Waals surface area (Å²) in [6.07, 6.45) is 10.7. The van der Waals surface area contributed by atoms with Crippen LogP contribution < -0.4 is 5.73 Å². The first kappa shape index (κ1) is 25.1. The number of carbonyl (C=O) groups is 2. The molecule has 13 heteroatoms. The molecule has 1 amide bonds. The number of H-pyrrole nitrogens is 1. The summed E-state index contributed by atoms with van der Waals surface area (Å²) in [5.74, 6) is 0.888. The Balaban J connectivity index is 1.25. The molecule has 13 nitrogen and oxygen atoms in total. The largest absolute Gasteiger partial charge is 0.383 e. The summed E-state index contributed by atoms with van der Waals surface area (Å²) in [6, 6.07) is 5.87. The number of aryl methyl sites for hydroxylation is 1. The maximum absolute atomic E-state index is 13.1. The molecule has 2 bridgehead atoms. The van der Waals surface area contributed by atoms with Gasteiger partial charge in [0.1, 0.15) is 12.1 Å². The van der Waals surface area contributed by atoms with Crippen molar-refractivity contribution in [2.45, 2.75) is 64.0 Å². The van der Waals surface area contributed by atoms with Crippen molar-refractivity contribution in [3.63, 3.8) is 0 Å². The minimum Gasteiger partial charge on any atom is -0.383 e. The van der Waals surface area contributed by atoms with Crippen molar-refractivity contribution in [1.82, 2.24) is 49.4 Å². The number of amides is 1. The highest BCUT2D eigenvalue weighted by molar-refractivity contribution is 6.00. The number of hydrogen-bond donors (Lipinski definition) is 2. The van der Waals surface area contributed by atoms with Crippen LogP contribution in [0.15, 0.2) is 43.1 Å². The Kier molecular flexibility index (Phi) is 5.87. The molecule has 41 heavy (non-hydrogen) atoms. The fourth-order valence-corrected chi connectivity index (χ4v) is 6.41. The van der Waals surface area contributed by atoms with E-state index in [1.54, 1.807) is 17.1 Å². The van der Waals surface area contributed by atoms with Crippen LogP contribution in [0.5, 0.6) is 0 Å². The molecular formula is C28H29N11O2. The number of piperidine rings is 1. The van der Waals surface area contributed by atoms with E-state index in [9.17, 15) is 9.59 Å². The molecule has 2 fully saturated rings. The van der Waals surface area contributed by atoms with E-state index in [-0.39, 0.29) is 41.3 Å². The standard InChI is InChI=1S/C28H29N11O2/c1-3-18-8-9-37(36-18)22-7-4-16(12-30-22)21-13-33-39-25(29)23(15(2)40)24(34-27(21)39)17-10-19-5-6-20(11-17)38(19)28(41)26-31-14-32-35-26/h4,7-9,12-14,17,19-20H,3,5-6,10-11,29H2,1-2H3,(H,31,32,35). The molecule has 2 aliphatic rings. The minimum absolute atomic E-state index is 0.0204. The van der Waals surface area contributed by atoms with Crippen molar-refractivity contribution in [2.75, 3.05) is 5.73 Å². The number of rotatable bonds is 6. The van der Waals surface area contributed by atoms with Crippen molar-refractivity contribution in [2.24, 2.45) is 0 Å². The smallest absolute Gasteiger partial charge is 0.291 e. The molecule has 2 unspecified atom stereocenters. The van der Waals surface area contributed by atoms with Crippen LogP contribution in [0, 0.1) is 0 Å². The number of carbonyl (C=O) groups excluding carboxylic acids is 2. The summed E-state index contributed by atoms with van der Waals surface area (Å²) >= 11 is 0. The van der Waals surface area contributed by atoms with Crippen LogP contribution >= 0.6 is 0 Å². The van der Waals surface area contributed by atoms with Crippen LogP contribution in [0.1, 0.15) is 77.8 Å². The maximum atomic E-state index is 13.1. The molecule has 0 spiro atoms. The van der Waals surface area contributed by atoms with Gasteiger partial charge in [-0.3, -0.25) is 14.7 Å². The number of nitrogens with one attached hydrogen (secondary N) is 1. The Morgan fingerprint density at radius 3 is 2.54 bits per heavy atom. The van der Waals surface area contributed by atoms with E-state index in [0.29, 0.717) is 35.6 Å². The van der Waals surface area contributed by atoms with Gasteiger partial charge in [-0.25, -0.2) is 19.6 Å². The van der Waals surface area contributed by atoms with E-state index in [1.165, 1.54) is 17.8 Å². The zero-order valence-electron chi connectivity index (χ0n) is 22.7. The van der Waals surface area contributed by atoms with Gasteiger partial charge >= 0.3 is 0 Å². The van der Waals surface area contributed by atoms with Crippen molar-refractivity contribution in [3.05, 3.63) is 65.9 Å². The number of aromatic nitrogens is 9. The van der Waals surface area contributed by atoms with Crippen LogP contribution in [0.2, 0.25) is 0 Å². The molecule has 2 aliphatic heterocycles. The summed E-state index contributed by atoms with van der Waals surface area (Å²) in [6.45, 7) is 3.57. The average Bonchev–Trinajstić information content (AvgIpc) is 3.79. The van der Waals surface area contributed by atoms with E-state index in [1.807, 2.05) is 29.3 Å². The third-order valence-electron chi connectivity index (χ3n) is 8.33. The van der Waals surface area contributed by atoms with Crippen molar-refractivity contribution >= 4 is 23.2 Å². The molecule has 5 aromatic heterocycles. The molecule has 3 N–H and O–H groups in total. The quantitative estimate of drug-likeness (QED) is 0.302. The number of hydrogen-bond acceptors (Lipinski definition) is 9. The highest BCUT2D eigenvalue weighted by atomic mass is 16.2. The predicted molar refractivity (Wildman–Crippen MR) is 148 cm³/mol. The lowest BCUT2D eigenvalue weighted by Crippen LogP contribution is -2.46. The topological polar surface area (TPSA) is 166 Å². The molecule has 7 rings (SSSR count). The first-order chi connectivity index (χ1) is 19.9. The molecule has 2 saturated heterocycles. The highest BCUT2D eigenvalue weighted by Crippen LogP contribution is 2.45. The van der Waals surface area contributed by atoms with Crippen molar-refractivity contribution < 1.29 is 9.59 Å². The van der Waals surface area contributed by atoms with E-state index in [4.69, 9.17) is 10.7 Å². The summed E-state index contributed by atoms with van der Waals surface area (Å²) in [7, 11) is 0. The zero-order valence-corrected chi connectivity index (χ0v) is 22.7. The van der Waals surface area contributed by atoms with Gasteiger partial charge < -0.3 is 10.6 Å². The van der Waals surface area contributed by atoms with Gasteiger partial charge in [-0.15, -0.1) is 0 Å². The van der Waals surface area contributed by atoms with Gasteiger partial charge in [0, 0.05) is 41.5 Å². The Hall–Kier alpha value is -4.94. The lowest BCUT2D eigenvalue weighted by atomic mass is 9.85. The number of aromatic amines is 1. The summed E-state index contributed by atoms with van der Waals surface area (Å²) in [5, 5.41) is 15.5. The van der Waals surface area contributed by atoms with Crippen LogP contribution in [0.4, 0.5) is 5.82 Å². The molecule has 0 aliphatic carbocycles. The Morgan fingerprint density at radius 2 is 1.90 bits per heavy atom. The van der Waals surface area contributed by atoms with Crippen LogP contribution in [-0.4, -0.2) is 73.2 Å². The number of pyridine rings is 1. The number of anilines is 1. The molecule has 0 saturated carbocycles. The molecule has 208 valence electrons. The second kappa shape index (κ2) is 9.61. The molecule has 5 aromatic rings. The summed E-state index contributed by atoms with van der Waals surface area (Å²) < 4.78 is 3.28. The van der Waals surface area contributed by atoms with Gasteiger partial charge in [0.05, 0.1) is 23.1 Å². The first-order valence-electron chi connectivity index (χ1n) is 13.8. The Bertz CT molecular complexity index is 1760. The van der Waals surface area contributed by atoms with E-state index in [2.05, 4.69) is 37.3 Å². The molecule has 7 heterocycles. The maximum Gasteiger partial charge on any atom is 0.291 e. The molecule has 0 radical (unpaired) electrons.